The minimum atomic E-state index is 0.196. The van der Waals surface area contributed by atoms with E-state index in [4.69, 9.17) is 22.7 Å². The lowest BCUT2D eigenvalue weighted by molar-refractivity contribution is -0.136. The average Bonchev–Trinajstić information content (AvgIpc) is 2.40. The van der Waals surface area contributed by atoms with Crippen LogP contribution in [0.3, 0.4) is 0 Å². The van der Waals surface area contributed by atoms with Crippen LogP contribution in [0.4, 0.5) is 0 Å². The number of thiocarbonyl (C=S) groups is 1. The number of rotatable bonds is 3. The first-order chi connectivity index (χ1) is 8.66. The molecule has 1 atom stereocenters. The van der Waals surface area contributed by atoms with Crippen LogP contribution in [0.15, 0.2) is 0 Å². The molecule has 0 aromatic heterocycles. The lowest BCUT2D eigenvalue weighted by Crippen LogP contribution is -2.48. The van der Waals surface area contributed by atoms with Crippen LogP contribution >= 0.6 is 12.2 Å². The average molecular weight is 271 g/mol. The fourth-order valence-electron chi connectivity index (χ4n) is 2.54. The zero-order valence-electron chi connectivity index (χ0n) is 10.6. The van der Waals surface area contributed by atoms with Crippen LogP contribution < -0.4 is 5.73 Å². The molecule has 1 unspecified atom stereocenters. The molecule has 2 heterocycles. The van der Waals surface area contributed by atoms with Gasteiger partial charge in [0.05, 0.1) is 24.7 Å². The predicted octanol–water partition coefficient (Wildman–Crippen LogP) is -0.157. The molecule has 2 N–H and O–H groups in total. The van der Waals surface area contributed by atoms with Gasteiger partial charge in [-0.05, 0) is 19.4 Å². The van der Waals surface area contributed by atoms with Crippen LogP contribution in [0.25, 0.3) is 0 Å². The molecular weight excluding hydrogens is 250 g/mol. The van der Waals surface area contributed by atoms with Crippen LogP contribution in [0.1, 0.15) is 12.8 Å². The van der Waals surface area contributed by atoms with Crippen LogP contribution in [-0.4, -0.2) is 66.6 Å². The summed E-state index contributed by atoms with van der Waals surface area (Å²) in [5.41, 5.74) is 5.70. The van der Waals surface area contributed by atoms with Crippen LogP contribution in [0.5, 0.6) is 0 Å². The highest BCUT2D eigenvalue weighted by atomic mass is 32.1. The van der Waals surface area contributed by atoms with Gasteiger partial charge in [0, 0.05) is 25.6 Å². The molecule has 2 aliphatic heterocycles. The van der Waals surface area contributed by atoms with Gasteiger partial charge in [0.2, 0.25) is 5.91 Å². The van der Waals surface area contributed by atoms with E-state index in [2.05, 4.69) is 4.90 Å². The van der Waals surface area contributed by atoms with E-state index in [0.717, 1.165) is 25.9 Å². The molecular formula is C12H21N3O2S. The Balaban J connectivity index is 1.81. The zero-order valence-corrected chi connectivity index (χ0v) is 11.5. The minimum absolute atomic E-state index is 0.196. The van der Waals surface area contributed by atoms with Gasteiger partial charge in [0.1, 0.15) is 0 Å². The molecule has 2 rings (SSSR count). The van der Waals surface area contributed by atoms with Crippen molar-refractivity contribution in [3.8, 4) is 0 Å². The molecule has 2 saturated heterocycles. The van der Waals surface area contributed by atoms with Crippen LogP contribution in [0.2, 0.25) is 0 Å². The van der Waals surface area contributed by atoms with E-state index in [1.54, 1.807) is 0 Å². The Bertz CT molecular complexity index is 318. The van der Waals surface area contributed by atoms with Crippen molar-refractivity contribution in [2.75, 3.05) is 45.9 Å². The molecule has 102 valence electrons. The summed E-state index contributed by atoms with van der Waals surface area (Å²) in [5, 5.41) is 0. The second kappa shape index (κ2) is 6.45. The van der Waals surface area contributed by atoms with E-state index < -0.39 is 0 Å². The van der Waals surface area contributed by atoms with Crippen LogP contribution in [0, 0.1) is 5.92 Å². The molecule has 0 aromatic rings. The molecule has 18 heavy (non-hydrogen) atoms. The summed E-state index contributed by atoms with van der Waals surface area (Å²) in [6, 6.07) is 0. The molecule has 1 amide bonds. The fourth-order valence-corrected chi connectivity index (χ4v) is 2.73. The summed E-state index contributed by atoms with van der Waals surface area (Å²) in [7, 11) is 0. The Morgan fingerprint density at radius 3 is 2.72 bits per heavy atom. The molecule has 0 radical (unpaired) electrons. The summed E-state index contributed by atoms with van der Waals surface area (Å²) in [6.45, 7) is 5.01. The van der Waals surface area contributed by atoms with Crippen molar-refractivity contribution in [1.29, 1.82) is 0 Å². The zero-order chi connectivity index (χ0) is 13.0. The normalized spacial score (nSPS) is 26.0. The van der Waals surface area contributed by atoms with Gasteiger partial charge in [0.15, 0.2) is 0 Å². The SMILES string of the molecule is NC(=S)C1CCCN(CC(=O)N2CCOCC2)C1. The van der Waals surface area contributed by atoms with Crippen molar-refractivity contribution in [2.24, 2.45) is 11.7 Å². The number of hydrogen-bond donors (Lipinski definition) is 1. The summed E-state index contributed by atoms with van der Waals surface area (Å²) in [5.74, 6) is 0.466. The fraction of sp³-hybridized carbons (Fsp3) is 0.833. The summed E-state index contributed by atoms with van der Waals surface area (Å²) < 4.78 is 5.25. The van der Waals surface area contributed by atoms with Crippen LogP contribution in [-0.2, 0) is 9.53 Å². The van der Waals surface area contributed by atoms with Crippen molar-refractivity contribution >= 4 is 23.1 Å². The number of carbonyl (C=O) groups is 1. The maximum Gasteiger partial charge on any atom is 0.236 e. The highest BCUT2D eigenvalue weighted by Gasteiger charge is 2.25. The first-order valence-electron chi connectivity index (χ1n) is 6.54. The second-order valence-electron chi connectivity index (χ2n) is 4.97. The van der Waals surface area contributed by atoms with E-state index in [9.17, 15) is 4.79 Å². The maximum atomic E-state index is 12.1. The van der Waals surface area contributed by atoms with E-state index in [0.29, 0.717) is 37.8 Å². The Hall–Kier alpha value is -0.720. The molecule has 2 aliphatic rings. The number of hydrogen-bond acceptors (Lipinski definition) is 4. The Morgan fingerprint density at radius 2 is 2.06 bits per heavy atom. The summed E-state index contributed by atoms with van der Waals surface area (Å²) in [4.78, 5) is 16.7. The third-order valence-electron chi connectivity index (χ3n) is 3.63. The monoisotopic (exact) mass is 271 g/mol. The lowest BCUT2D eigenvalue weighted by Gasteiger charge is -2.34. The van der Waals surface area contributed by atoms with Gasteiger partial charge >= 0.3 is 0 Å². The molecule has 2 fully saturated rings. The largest absolute Gasteiger partial charge is 0.393 e. The van der Waals surface area contributed by atoms with E-state index in [1.165, 1.54) is 0 Å². The van der Waals surface area contributed by atoms with E-state index in [-0.39, 0.29) is 11.8 Å². The number of nitrogens with zero attached hydrogens (tertiary/aromatic N) is 2. The number of piperidine rings is 1. The quantitative estimate of drug-likeness (QED) is 0.723. The molecule has 0 saturated carbocycles. The standard InChI is InChI=1S/C12H21N3O2S/c13-12(18)10-2-1-3-14(8-10)9-11(16)15-4-6-17-7-5-15/h10H,1-9H2,(H2,13,18). The van der Waals surface area contributed by atoms with Gasteiger partial charge in [0.25, 0.3) is 0 Å². The number of morpholine rings is 1. The molecule has 0 aromatic carbocycles. The molecule has 6 heteroatoms. The maximum absolute atomic E-state index is 12.1. The third-order valence-corrected chi connectivity index (χ3v) is 3.96. The lowest BCUT2D eigenvalue weighted by atomic mass is 9.98. The third kappa shape index (κ3) is 3.63. The van der Waals surface area contributed by atoms with Gasteiger partial charge in [-0.25, -0.2) is 0 Å². The van der Waals surface area contributed by atoms with Gasteiger partial charge in [-0.15, -0.1) is 0 Å². The number of likely N-dealkylation sites (tertiary alicyclic amines) is 1. The molecule has 0 spiro atoms. The second-order valence-corrected chi connectivity index (χ2v) is 5.44. The minimum Gasteiger partial charge on any atom is -0.393 e. The smallest absolute Gasteiger partial charge is 0.236 e. The number of carbonyl (C=O) groups excluding carboxylic acids is 1. The van der Waals surface area contributed by atoms with E-state index >= 15 is 0 Å². The highest BCUT2D eigenvalue weighted by molar-refractivity contribution is 7.80. The van der Waals surface area contributed by atoms with Gasteiger partial charge in [-0.1, -0.05) is 12.2 Å². The summed E-state index contributed by atoms with van der Waals surface area (Å²) in [6.07, 6.45) is 2.12. The Morgan fingerprint density at radius 1 is 1.33 bits per heavy atom. The van der Waals surface area contributed by atoms with Crippen molar-refractivity contribution in [3.63, 3.8) is 0 Å². The molecule has 0 bridgehead atoms. The number of ether oxygens (including phenoxy) is 1. The Labute approximate surface area is 113 Å². The van der Waals surface area contributed by atoms with Crippen molar-refractivity contribution in [3.05, 3.63) is 0 Å². The first-order valence-corrected chi connectivity index (χ1v) is 6.95. The Kier molecular flexibility index (Phi) is 4.91. The number of amides is 1. The van der Waals surface area contributed by atoms with Crippen molar-refractivity contribution < 1.29 is 9.53 Å². The van der Waals surface area contributed by atoms with E-state index in [1.807, 2.05) is 4.90 Å². The van der Waals surface area contributed by atoms with Gasteiger partial charge < -0.3 is 15.4 Å². The molecule has 5 nitrogen and oxygen atoms in total. The summed E-state index contributed by atoms with van der Waals surface area (Å²) >= 11 is 5.05. The molecule has 0 aliphatic carbocycles. The van der Waals surface area contributed by atoms with Crippen molar-refractivity contribution in [2.45, 2.75) is 12.8 Å². The first kappa shape index (κ1) is 13.7. The highest BCUT2D eigenvalue weighted by Crippen LogP contribution is 2.16. The van der Waals surface area contributed by atoms with Gasteiger partial charge in [-0.2, -0.15) is 0 Å². The number of nitrogens with two attached hydrogens (primary N) is 1. The topological polar surface area (TPSA) is 58.8 Å². The predicted molar refractivity (Wildman–Crippen MR) is 73.3 cm³/mol. The van der Waals surface area contributed by atoms with Gasteiger partial charge in [-0.3, -0.25) is 9.69 Å². The van der Waals surface area contributed by atoms with Crippen molar-refractivity contribution in [1.82, 2.24) is 9.80 Å².